The van der Waals surface area contributed by atoms with Crippen LogP contribution in [0.1, 0.15) is 27.2 Å². The number of carbonyl (C=O) groups excluding carboxylic acids is 1. The van der Waals surface area contributed by atoms with Gasteiger partial charge in [0.25, 0.3) is 0 Å². The van der Waals surface area contributed by atoms with E-state index in [2.05, 4.69) is 10.5 Å². The number of carbonyl (C=O) groups is 1. The molecular weight excluding hydrogens is 254 g/mol. The third-order valence-corrected chi connectivity index (χ3v) is 2.41. The number of rotatable bonds is 7. The predicted molar refractivity (Wildman–Crippen MR) is 69.1 cm³/mol. The lowest BCUT2D eigenvalue weighted by atomic mass is 10.1. The summed E-state index contributed by atoms with van der Waals surface area (Å²) in [7, 11) is 0. The van der Waals surface area contributed by atoms with Crippen molar-refractivity contribution in [3.8, 4) is 0 Å². The predicted octanol–water partition coefficient (Wildman–Crippen LogP) is 1.56. The van der Waals surface area contributed by atoms with Gasteiger partial charge in [0.15, 0.2) is 0 Å². The zero-order valence-electron chi connectivity index (χ0n) is 11.3. The van der Waals surface area contributed by atoms with Crippen LogP contribution in [0.3, 0.4) is 0 Å². The molecule has 0 bridgehead atoms. The molecule has 2 N–H and O–H groups in total. The fraction of sp³-hybridized carbons (Fsp3) is 0.636. The Morgan fingerprint density at radius 2 is 2.21 bits per heavy atom. The van der Waals surface area contributed by atoms with Gasteiger partial charge < -0.3 is 15.3 Å². The molecule has 0 spiro atoms. The van der Waals surface area contributed by atoms with E-state index < -0.39 is 17.1 Å². The Labute approximate surface area is 111 Å². The molecule has 1 unspecified atom stereocenters. The van der Waals surface area contributed by atoms with Gasteiger partial charge in [-0.1, -0.05) is 12.1 Å². The van der Waals surface area contributed by atoms with Crippen molar-refractivity contribution in [1.82, 2.24) is 5.32 Å². The number of nitrogens with zero attached hydrogens (tertiary/aromatic N) is 2. The summed E-state index contributed by atoms with van der Waals surface area (Å²) in [5.41, 5.74) is 0.536. The van der Waals surface area contributed by atoms with Gasteiger partial charge in [-0.05, 0) is 19.4 Å². The summed E-state index contributed by atoms with van der Waals surface area (Å²) in [6.45, 7) is 5.09. The first kappa shape index (κ1) is 16.9. The fourth-order valence-electron chi connectivity index (χ4n) is 1.30. The molecule has 1 amide bonds. The van der Waals surface area contributed by atoms with Crippen LogP contribution in [0.2, 0.25) is 0 Å². The van der Waals surface area contributed by atoms with Crippen molar-refractivity contribution in [2.75, 3.05) is 13.2 Å². The van der Waals surface area contributed by atoms with Crippen LogP contribution in [0.15, 0.2) is 16.8 Å². The van der Waals surface area contributed by atoms with Crippen molar-refractivity contribution in [1.29, 1.82) is 0 Å². The molecule has 0 aromatic rings. The van der Waals surface area contributed by atoms with Crippen molar-refractivity contribution >= 4 is 11.8 Å². The summed E-state index contributed by atoms with van der Waals surface area (Å²) in [5, 5.41) is 24.9. The summed E-state index contributed by atoms with van der Waals surface area (Å²) in [6.07, 6.45) is 1.16. The standard InChI is InChI=1S/C11H19N3O5/c1-4-9(8(3)14(17)18)6-10(13-16)7-19-11(15)12-5-2/h6,8,16H,4-5,7H2,1-3H3,(H,12,15)/b9-6+,13-10+. The molecule has 0 fully saturated rings. The van der Waals surface area contributed by atoms with Gasteiger partial charge in [0.1, 0.15) is 12.3 Å². The molecule has 108 valence electrons. The number of alkyl carbamates (subject to hydrolysis) is 1. The van der Waals surface area contributed by atoms with Gasteiger partial charge in [0.05, 0.1) is 0 Å². The first-order valence-electron chi connectivity index (χ1n) is 5.91. The summed E-state index contributed by atoms with van der Waals surface area (Å²) in [5.74, 6) is 0. The first-order chi connectivity index (χ1) is 8.96. The van der Waals surface area contributed by atoms with E-state index in [1.165, 1.54) is 13.0 Å². The molecule has 1 atom stereocenters. The monoisotopic (exact) mass is 273 g/mol. The highest BCUT2D eigenvalue weighted by molar-refractivity contribution is 5.97. The minimum absolute atomic E-state index is 0.0526. The van der Waals surface area contributed by atoms with Crippen molar-refractivity contribution in [2.45, 2.75) is 33.2 Å². The van der Waals surface area contributed by atoms with E-state index in [0.717, 1.165) is 0 Å². The smallest absolute Gasteiger partial charge is 0.407 e. The lowest BCUT2D eigenvalue weighted by molar-refractivity contribution is -0.507. The lowest BCUT2D eigenvalue weighted by Gasteiger charge is -2.08. The van der Waals surface area contributed by atoms with E-state index in [9.17, 15) is 14.9 Å². The van der Waals surface area contributed by atoms with E-state index in [1.54, 1.807) is 13.8 Å². The average Bonchev–Trinajstić information content (AvgIpc) is 2.38. The minimum atomic E-state index is -0.883. The SMILES string of the molecule is CCNC(=O)OCC(/C=C(\CC)C(C)[N+](=O)[O-])=N/O. The Morgan fingerprint density at radius 3 is 2.63 bits per heavy atom. The third-order valence-electron chi connectivity index (χ3n) is 2.41. The van der Waals surface area contributed by atoms with Gasteiger partial charge in [0, 0.05) is 24.0 Å². The Hall–Kier alpha value is -2.12. The molecule has 19 heavy (non-hydrogen) atoms. The van der Waals surface area contributed by atoms with Crippen molar-refractivity contribution in [3.05, 3.63) is 21.8 Å². The number of nitro groups is 1. The van der Waals surface area contributed by atoms with E-state index in [4.69, 9.17) is 9.94 Å². The maximum Gasteiger partial charge on any atom is 0.407 e. The van der Waals surface area contributed by atoms with Crippen LogP contribution in [0.5, 0.6) is 0 Å². The highest BCUT2D eigenvalue weighted by atomic mass is 16.6. The van der Waals surface area contributed by atoms with Crippen molar-refractivity contribution in [2.24, 2.45) is 5.16 Å². The van der Waals surface area contributed by atoms with Gasteiger partial charge >= 0.3 is 6.09 Å². The number of amides is 1. The first-order valence-corrected chi connectivity index (χ1v) is 5.91. The number of oxime groups is 1. The summed E-state index contributed by atoms with van der Waals surface area (Å²) < 4.78 is 4.77. The fourth-order valence-corrected chi connectivity index (χ4v) is 1.30. The maximum absolute atomic E-state index is 11.1. The molecule has 0 aromatic carbocycles. The molecule has 0 aliphatic carbocycles. The van der Waals surface area contributed by atoms with Gasteiger partial charge in [-0.3, -0.25) is 10.1 Å². The molecular formula is C11H19N3O5. The van der Waals surface area contributed by atoms with Gasteiger partial charge in [-0.2, -0.15) is 0 Å². The van der Waals surface area contributed by atoms with E-state index in [-0.39, 0.29) is 12.3 Å². The van der Waals surface area contributed by atoms with Crippen LogP contribution < -0.4 is 5.32 Å². The quantitative estimate of drug-likeness (QED) is 0.316. The molecule has 8 heteroatoms. The van der Waals surface area contributed by atoms with E-state index in [1.807, 2.05) is 0 Å². The molecule has 0 saturated carbocycles. The molecule has 0 aromatic heterocycles. The van der Waals surface area contributed by atoms with Crippen LogP contribution in [-0.4, -0.2) is 41.1 Å². The zero-order chi connectivity index (χ0) is 14.8. The second-order valence-corrected chi connectivity index (χ2v) is 3.73. The summed E-state index contributed by atoms with van der Waals surface area (Å²) in [6, 6.07) is -0.883. The molecule has 0 heterocycles. The average molecular weight is 273 g/mol. The lowest BCUT2D eigenvalue weighted by Crippen LogP contribution is -2.26. The van der Waals surface area contributed by atoms with Crippen molar-refractivity contribution < 1.29 is 19.7 Å². The van der Waals surface area contributed by atoms with Crippen molar-refractivity contribution in [3.63, 3.8) is 0 Å². The van der Waals surface area contributed by atoms with Gasteiger partial charge in [-0.25, -0.2) is 4.79 Å². The number of hydrogen-bond acceptors (Lipinski definition) is 6. The Kier molecular flexibility index (Phi) is 7.90. The molecule has 0 aliphatic rings. The molecule has 8 nitrogen and oxygen atoms in total. The normalized spacial score (nSPS) is 13.8. The van der Waals surface area contributed by atoms with Gasteiger partial charge in [0.2, 0.25) is 6.04 Å². The molecule has 0 rings (SSSR count). The van der Waals surface area contributed by atoms with Crippen LogP contribution in [0.25, 0.3) is 0 Å². The maximum atomic E-state index is 11.1. The minimum Gasteiger partial charge on any atom is -0.443 e. The Morgan fingerprint density at radius 1 is 1.58 bits per heavy atom. The third kappa shape index (κ3) is 6.39. The van der Waals surface area contributed by atoms with E-state index >= 15 is 0 Å². The number of ether oxygens (including phenoxy) is 1. The number of nitrogens with one attached hydrogen (secondary N) is 1. The highest BCUT2D eigenvalue weighted by Gasteiger charge is 2.18. The second kappa shape index (κ2) is 8.90. The van der Waals surface area contributed by atoms with E-state index in [0.29, 0.717) is 18.5 Å². The highest BCUT2D eigenvalue weighted by Crippen LogP contribution is 2.10. The van der Waals surface area contributed by atoms with Crippen LogP contribution in [-0.2, 0) is 4.74 Å². The molecule has 0 radical (unpaired) electrons. The van der Waals surface area contributed by atoms with Crippen LogP contribution in [0, 0.1) is 10.1 Å². The Bertz CT molecular complexity index is 379. The molecule has 0 aliphatic heterocycles. The summed E-state index contributed by atoms with van der Waals surface area (Å²) in [4.78, 5) is 21.3. The summed E-state index contributed by atoms with van der Waals surface area (Å²) >= 11 is 0. The topological polar surface area (TPSA) is 114 Å². The Balaban J connectivity index is 4.68. The molecule has 0 saturated heterocycles. The largest absolute Gasteiger partial charge is 0.443 e. The number of hydrogen-bond donors (Lipinski definition) is 2. The van der Waals surface area contributed by atoms with Crippen LogP contribution in [0.4, 0.5) is 4.79 Å². The van der Waals surface area contributed by atoms with Crippen LogP contribution >= 0.6 is 0 Å². The zero-order valence-corrected chi connectivity index (χ0v) is 11.3. The second-order valence-electron chi connectivity index (χ2n) is 3.73. The van der Waals surface area contributed by atoms with Gasteiger partial charge in [-0.15, -0.1) is 0 Å².